The summed E-state index contributed by atoms with van der Waals surface area (Å²) in [6.45, 7) is 9.10. The van der Waals surface area contributed by atoms with Gasteiger partial charge in [-0.05, 0) is 0 Å². The van der Waals surface area contributed by atoms with E-state index in [-0.39, 0.29) is 0 Å². The van der Waals surface area contributed by atoms with Crippen LogP contribution in [0.15, 0.2) is 4.52 Å². The SMILES string of the molecule is CCCCN(CCCC)[PH]1(N=P(NC)(NC)NC)N(C)CCCN1C. The van der Waals surface area contributed by atoms with E-state index in [1.807, 2.05) is 21.1 Å². The second-order valence-corrected chi connectivity index (χ2v) is 13.7. The van der Waals surface area contributed by atoms with E-state index in [0.29, 0.717) is 0 Å². The Hall–Kier alpha value is 0.420. The van der Waals surface area contributed by atoms with E-state index in [9.17, 15) is 0 Å². The molecule has 0 atom stereocenters. The second-order valence-electron chi connectivity index (χ2n) is 6.90. The Morgan fingerprint density at radius 1 is 0.920 bits per heavy atom. The van der Waals surface area contributed by atoms with Crippen molar-refractivity contribution in [1.82, 2.24) is 29.3 Å². The minimum atomic E-state index is -2.30. The zero-order valence-corrected chi connectivity index (χ0v) is 19.5. The Kier molecular flexibility index (Phi) is 10.6. The average molecular weight is 396 g/mol. The number of nitrogens with one attached hydrogen (secondary N) is 3. The molecule has 0 aromatic carbocycles. The summed E-state index contributed by atoms with van der Waals surface area (Å²) in [4.78, 5) is 0. The first kappa shape index (κ1) is 23.5. The maximum absolute atomic E-state index is 5.62. The Morgan fingerprint density at radius 3 is 1.72 bits per heavy atom. The van der Waals surface area contributed by atoms with Crippen molar-refractivity contribution in [2.75, 3.05) is 61.4 Å². The summed E-state index contributed by atoms with van der Waals surface area (Å²) in [7, 11) is 6.34. The standard InChI is InChI=1S/C16H43N7P2/c1-8-10-15-23(16-11-9-2)25(20-24(17-3,18-4)19-5)21(6)13-12-14-22(25)7/h17-19,25H,8-16H2,1-7H3. The van der Waals surface area contributed by atoms with Gasteiger partial charge >= 0.3 is 157 Å². The van der Waals surface area contributed by atoms with Crippen molar-refractivity contribution >= 4 is 15.4 Å². The fourth-order valence-electron chi connectivity index (χ4n) is 3.63. The van der Waals surface area contributed by atoms with Crippen LogP contribution in [0.5, 0.6) is 0 Å². The van der Waals surface area contributed by atoms with Gasteiger partial charge in [0.15, 0.2) is 0 Å². The summed E-state index contributed by atoms with van der Waals surface area (Å²) in [6, 6.07) is 0. The first-order valence-corrected chi connectivity index (χ1v) is 13.4. The van der Waals surface area contributed by atoms with Gasteiger partial charge in [0.2, 0.25) is 0 Å². The molecule has 0 aromatic rings. The molecule has 1 fully saturated rings. The van der Waals surface area contributed by atoms with Crippen molar-refractivity contribution in [3.63, 3.8) is 0 Å². The molecule has 9 heteroatoms. The Morgan fingerprint density at radius 2 is 1.36 bits per heavy atom. The molecule has 1 saturated heterocycles. The van der Waals surface area contributed by atoms with Crippen molar-refractivity contribution in [2.45, 2.75) is 46.0 Å². The summed E-state index contributed by atoms with van der Waals surface area (Å²) >= 11 is 0. The van der Waals surface area contributed by atoms with Crippen LogP contribution in [0, 0.1) is 0 Å². The number of hydrogen-bond donors (Lipinski definition) is 3. The van der Waals surface area contributed by atoms with Crippen LogP contribution in [0.2, 0.25) is 0 Å². The van der Waals surface area contributed by atoms with E-state index < -0.39 is 15.4 Å². The molecule has 0 bridgehead atoms. The minimum absolute atomic E-state index is 1.13. The Labute approximate surface area is 157 Å². The number of rotatable bonds is 11. The van der Waals surface area contributed by atoms with E-state index in [1.165, 1.54) is 32.1 Å². The first-order chi connectivity index (χ1) is 12.0. The first-order valence-electron chi connectivity index (χ1n) is 9.84. The Bertz CT molecular complexity index is 396. The molecule has 1 rings (SSSR count). The summed E-state index contributed by atoms with van der Waals surface area (Å²) in [5.41, 5.74) is 0. The molecule has 0 radical (unpaired) electrons. The van der Waals surface area contributed by atoms with Gasteiger partial charge in [-0.3, -0.25) is 0 Å². The predicted molar refractivity (Wildman–Crippen MR) is 116 cm³/mol. The molecule has 7 nitrogen and oxygen atoms in total. The van der Waals surface area contributed by atoms with Crippen LogP contribution in [0.1, 0.15) is 46.0 Å². The van der Waals surface area contributed by atoms with Crippen LogP contribution in [0.3, 0.4) is 0 Å². The van der Waals surface area contributed by atoms with Crippen LogP contribution >= 0.6 is 15.4 Å². The van der Waals surface area contributed by atoms with E-state index >= 15 is 0 Å². The fourth-order valence-corrected chi connectivity index (χ4v) is 12.2. The predicted octanol–water partition coefficient (Wildman–Crippen LogP) is 3.17. The van der Waals surface area contributed by atoms with Gasteiger partial charge in [0.05, 0.1) is 0 Å². The van der Waals surface area contributed by atoms with Crippen molar-refractivity contribution in [1.29, 1.82) is 0 Å². The van der Waals surface area contributed by atoms with E-state index in [2.05, 4.69) is 57.2 Å². The molecular formula is C16H43N7P2. The molecule has 3 N–H and O–H groups in total. The number of hydrogen-bond acceptors (Lipinski definition) is 4. The quantitative estimate of drug-likeness (QED) is 0.467. The summed E-state index contributed by atoms with van der Waals surface area (Å²) < 4.78 is 13.5. The molecule has 152 valence electrons. The van der Waals surface area contributed by atoms with Crippen LogP contribution in [-0.4, -0.2) is 75.4 Å². The van der Waals surface area contributed by atoms with Gasteiger partial charge in [0.1, 0.15) is 0 Å². The number of nitrogens with zero attached hydrogens (tertiary/aromatic N) is 4. The van der Waals surface area contributed by atoms with E-state index in [1.54, 1.807) is 0 Å². The van der Waals surface area contributed by atoms with Crippen LogP contribution < -0.4 is 15.3 Å². The topological polar surface area (TPSA) is 58.2 Å². The van der Waals surface area contributed by atoms with Gasteiger partial charge in [-0.15, -0.1) is 0 Å². The molecule has 0 spiro atoms. The van der Waals surface area contributed by atoms with Gasteiger partial charge in [-0.1, -0.05) is 0 Å². The van der Waals surface area contributed by atoms with Gasteiger partial charge in [0, 0.05) is 0 Å². The normalized spacial score (nSPS) is 20.8. The molecule has 0 unspecified atom stereocenters. The van der Waals surface area contributed by atoms with Gasteiger partial charge in [-0.25, -0.2) is 0 Å². The molecule has 1 heterocycles. The molecule has 0 aromatic heterocycles. The molecule has 1 aliphatic rings. The second kappa shape index (κ2) is 11.3. The van der Waals surface area contributed by atoms with Gasteiger partial charge in [0.25, 0.3) is 0 Å². The molecule has 0 aliphatic carbocycles. The third-order valence-electron chi connectivity index (χ3n) is 5.25. The molecular weight excluding hydrogens is 352 g/mol. The van der Waals surface area contributed by atoms with E-state index in [0.717, 1.165) is 26.2 Å². The molecule has 25 heavy (non-hydrogen) atoms. The zero-order chi connectivity index (χ0) is 18.9. The van der Waals surface area contributed by atoms with Crippen LogP contribution in [0.25, 0.3) is 0 Å². The van der Waals surface area contributed by atoms with Crippen molar-refractivity contribution < 1.29 is 0 Å². The third-order valence-corrected chi connectivity index (χ3v) is 13.3. The third kappa shape index (κ3) is 5.46. The van der Waals surface area contributed by atoms with Gasteiger partial charge in [-0.2, -0.15) is 0 Å². The summed E-state index contributed by atoms with van der Waals surface area (Å²) in [5.74, 6) is 0. The van der Waals surface area contributed by atoms with Crippen molar-refractivity contribution in [3.05, 3.63) is 0 Å². The fraction of sp³-hybridized carbons (Fsp3) is 1.00. The maximum atomic E-state index is 5.62. The molecule has 0 amide bonds. The monoisotopic (exact) mass is 395 g/mol. The van der Waals surface area contributed by atoms with Crippen LogP contribution in [0.4, 0.5) is 0 Å². The van der Waals surface area contributed by atoms with Crippen molar-refractivity contribution in [2.24, 2.45) is 4.52 Å². The van der Waals surface area contributed by atoms with Crippen LogP contribution in [-0.2, 0) is 0 Å². The molecule has 1 aliphatic heterocycles. The zero-order valence-electron chi connectivity index (χ0n) is 17.6. The Balaban J connectivity index is 3.45. The van der Waals surface area contributed by atoms with Gasteiger partial charge < -0.3 is 0 Å². The molecule has 0 saturated carbocycles. The van der Waals surface area contributed by atoms with E-state index in [4.69, 9.17) is 4.52 Å². The summed E-state index contributed by atoms with van der Waals surface area (Å²) in [5, 5.41) is 10.4. The summed E-state index contributed by atoms with van der Waals surface area (Å²) in [6.07, 6.45) is 6.14. The number of unbranched alkanes of at least 4 members (excludes halogenated alkanes) is 2. The van der Waals surface area contributed by atoms with Crippen molar-refractivity contribution in [3.8, 4) is 0 Å². The average Bonchev–Trinajstić information content (AvgIpc) is 2.63.